The Morgan fingerprint density at radius 1 is 0.931 bits per heavy atom. The first-order chi connectivity index (χ1) is 13.8. The van der Waals surface area contributed by atoms with E-state index < -0.39 is 0 Å². The largest absolute Gasteiger partial charge is 0.393 e. The van der Waals surface area contributed by atoms with Crippen LogP contribution in [0.4, 0.5) is 0 Å². The summed E-state index contributed by atoms with van der Waals surface area (Å²) in [4.78, 5) is 0. The fourth-order valence-corrected chi connectivity index (χ4v) is 9.60. The monoisotopic (exact) mass is 402 g/mol. The minimum atomic E-state index is -0.0281. The number of aliphatic hydroxyl groups excluding tert-OH is 1. The number of rotatable bonds is 5. The lowest BCUT2D eigenvalue weighted by molar-refractivity contribution is -0.159. The second-order valence-electron chi connectivity index (χ2n) is 12.9. The molecule has 4 aliphatic carbocycles. The van der Waals surface area contributed by atoms with Crippen molar-refractivity contribution in [2.45, 2.75) is 116 Å². The Bertz CT molecular complexity index is 612. The average Bonchev–Trinajstić information content (AvgIpc) is 3.29. The molecule has 0 aromatic heterocycles. The Balaban J connectivity index is 1.29. The smallest absolute Gasteiger partial charge is 0.0888 e. The minimum absolute atomic E-state index is 0.0281. The fourth-order valence-electron chi connectivity index (χ4n) is 9.60. The van der Waals surface area contributed by atoms with Gasteiger partial charge in [-0.1, -0.05) is 46.5 Å². The predicted octanol–water partition coefficient (Wildman–Crippen LogP) is 6.60. The van der Waals surface area contributed by atoms with Crippen LogP contribution >= 0.6 is 0 Å². The van der Waals surface area contributed by atoms with Gasteiger partial charge in [0.1, 0.15) is 0 Å². The Morgan fingerprint density at radius 2 is 1.69 bits per heavy atom. The summed E-state index contributed by atoms with van der Waals surface area (Å²) >= 11 is 0. The molecule has 0 aromatic rings. The van der Waals surface area contributed by atoms with Gasteiger partial charge in [-0.05, 0) is 105 Å². The number of epoxide rings is 1. The Hall–Kier alpha value is -0.0800. The Morgan fingerprint density at radius 3 is 2.45 bits per heavy atom. The Kier molecular flexibility index (Phi) is 5.18. The summed E-state index contributed by atoms with van der Waals surface area (Å²) in [6, 6.07) is 0. The fraction of sp³-hybridized carbons (Fsp3) is 1.00. The summed E-state index contributed by atoms with van der Waals surface area (Å²) in [5.74, 6) is 4.87. The van der Waals surface area contributed by atoms with E-state index in [1.54, 1.807) is 0 Å². The van der Waals surface area contributed by atoms with Crippen LogP contribution in [0.15, 0.2) is 0 Å². The molecule has 0 radical (unpaired) electrons. The van der Waals surface area contributed by atoms with Gasteiger partial charge >= 0.3 is 0 Å². The number of hydrogen-bond acceptors (Lipinski definition) is 2. The van der Waals surface area contributed by atoms with Crippen molar-refractivity contribution in [1.82, 2.24) is 0 Å². The first-order valence-electron chi connectivity index (χ1n) is 13.1. The molecule has 29 heavy (non-hydrogen) atoms. The molecular formula is C27H46O2. The van der Waals surface area contributed by atoms with Crippen LogP contribution in [0.5, 0.6) is 0 Å². The van der Waals surface area contributed by atoms with Crippen LogP contribution in [-0.4, -0.2) is 23.4 Å². The average molecular weight is 403 g/mol. The van der Waals surface area contributed by atoms with Crippen LogP contribution in [0, 0.1) is 46.3 Å². The Labute approximate surface area is 179 Å². The van der Waals surface area contributed by atoms with Gasteiger partial charge in [-0.25, -0.2) is 0 Å². The molecular weight excluding hydrogens is 356 g/mol. The van der Waals surface area contributed by atoms with Gasteiger partial charge < -0.3 is 9.84 Å². The number of ether oxygens (including phenoxy) is 1. The third kappa shape index (κ3) is 3.34. The van der Waals surface area contributed by atoms with Crippen LogP contribution in [0.25, 0.3) is 0 Å². The molecule has 2 heteroatoms. The molecule has 166 valence electrons. The van der Waals surface area contributed by atoms with Crippen molar-refractivity contribution in [3.05, 3.63) is 0 Å². The van der Waals surface area contributed by atoms with Gasteiger partial charge in [0.25, 0.3) is 0 Å². The van der Waals surface area contributed by atoms with Crippen molar-refractivity contribution in [2.75, 3.05) is 6.61 Å². The molecule has 0 amide bonds. The molecule has 5 aliphatic rings. The van der Waals surface area contributed by atoms with Gasteiger partial charge in [0.05, 0.1) is 18.3 Å². The van der Waals surface area contributed by atoms with E-state index >= 15 is 0 Å². The highest BCUT2D eigenvalue weighted by atomic mass is 16.6. The van der Waals surface area contributed by atoms with Crippen molar-refractivity contribution in [3.63, 3.8) is 0 Å². The van der Waals surface area contributed by atoms with Crippen LogP contribution < -0.4 is 0 Å². The molecule has 1 saturated heterocycles. The molecule has 5 rings (SSSR count). The predicted molar refractivity (Wildman–Crippen MR) is 119 cm³/mol. The van der Waals surface area contributed by atoms with Crippen molar-refractivity contribution in [1.29, 1.82) is 0 Å². The molecule has 10 atom stereocenters. The van der Waals surface area contributed by atoms with Crippen molar-refractivity contribution in [2.24, 2.45) is 46.3 Å². The molecule has 2 unspecified atom stereocenters. The van der Waals surface area contributed by atoms with Gasteiger partial charge in [0, 0.05) is 0 Å². The summed E-state index contributed by atoms with van der Waals surface area (Å²) in [6.45, 7) is 11.0. The maximum absolute atomic E-state index is 11.2. The van der Waals surface area contributed by atoms with E-state index in [1.165, 1.54) is 70.6 Å². The topological polar surface area (TPSA) is 32.8 Å². The van der Waals surface area contributed by atoms with Crippen molar-refractivity contribution >= 4 is 0 Å². The lowest BCUT2D eigenvalue weighted by Crippen LogP contribution is -2.57. The molecule has 0 aromatic carbocycles. The maximum Gasteiger partial charge on any atom is 0.0888 e. The third-order valence-electron chi connectivity index (χ3n) is 11.4. The summed E-state index contributed by atoms with van der Waals surface area (Å²) in [5, 5.41) is 11.2. The third-order valence-corrected chi connectivity index (χ3v) is 11.4. The number of aliphatic hydroxyl groups is 1. The molecule has 1 N–H and O–H groups in total. The maximum atomic E-state index is 11.2. The van der Waals surface area contributed by atoms with Gasteiger partial charge in [-0.2, -0.15) is 0 Å². The molecule has 0 spiro atoms. The molecule has 1 heterocycles. The van der Waals surface area contributed by atoms with Crippen LogP contribution in [0.3, 0.4) is 0 Å². The summed E-state index contributed by atoms with van der Waals surface area (Å²) < 4.78 is 5.61. The lowest BCUT2D eigenvalue weighted by Gasteiger charge is -2.62. The van der Waals surface area contributed by atoms with Gasteiger partial charge in [-0.3, -0.25) is 0 Å². The first-order valence-corrected chi connectivity index (χ1v) is 13.1. The van der Waals surface area contributed by atoms with Gasteiger partial charge in [0.2, 0.25) is 0 Å². The van der Waals surface area contributed by atoms with E-state index in [0.717, 1.165) is 42.6 Å². The second-order valence-corrected chi connectivity index (χ2v) is 12.9. The quantitative estimate of drug-likeness (QED) is 0.525. The normalized spacial score (nSPS) is 54.9. The molecule has 5 fully saturated rings. The van der Waals surface area contributed by atoms with Gasteiger partial charge in [0.15, 0.2) is 0 Å². The van der Waals surface area contributed by atoms with Crippen molar-refractivity contribution < 1.29 is 9.84 Å². The SMILES string of the molecule is C[C@H](CCCC1(C)CO1)[C@H]1CC[C@H]2[C@@H]3C[C@@H](O)C4CCCC[C@]4(C)[C@H]3CC[C@]12C. The standard InChI is InChI=1S/C27H46O2/c1-18(8-7-13-25(2)17-29-25)20-10-11-21-19-16-24(28)23-9-5-6-14-26(23,3)22(19)12-15-27(20,21)4/h18-24,28H,5-17H2,1-4H3/t18-,19+,20-,21+,22+,23?,24-,25?,26-,27-/m1/s1. The minimum Gasteiger partial charge on any atom is -0.393 e. The summed E-state index contributed by atoms with van der Waals surface area (Å²) in [6.07, 6.45) is 16.2. The summed E-state index contributed by atoms with van der Waals surface area (Å²) in [5.41, 5.74) is 1.17. The first kappa shape index (κ1) is 20.8. The molecule has 1 aliphatic heterocycles. The van der Waals surface area contributed by atoms with E-state index in [2.05, 4.69) is 27.7 Å². The van der Waals surface area contributed by atoms with E-state index in [0.29, 0.717) is 16.7 Å². The summed E-state index contributed by atoms with van der Waals surface area (Å²) in [7, 11) is 0. The highest BCUT2D eigenvalue weighted by molar-refractivity contribution is 5.10. The number of fused-ring (bicyclic) bond motifs is 5. The highest BCUT2D eigenvalue weighted by Gasteiger charge is 2.61. The van der Waals surface area contributed by atoms with Crippen LogP contribution in [0.1, 0.15) is 105 Å². The second kappa shape index (κ2) is 7.22. The van der Waals surface area contributed by atoms with E-state index in [9.17, 15) is 5.11 Å². The van der Waals surface area contributed by atoms with E-state index in [-0.39, 0.29) is 11.7 Å². The van der Waals surface area contributed by atoms with Crippen molar-refractivity contribution in [3.8, 4) is 0 Å². The molecule has 2 nitrogen and oxygen atoms in total. The van der Waals surface area contributed by atoms with E-state index in [4.69, 9.17) is 4.74 Å². The van der Waals surface area contributed by atoms with E-state index in [1.807, 2.05) is 0 Å². The lowest BCUT2D eigenvalue weighted by atomic mass is 9.44. The van der Waals surface area contributed by atoms with Gasteiger partial charge in [-0.15, -0.1) is 0 Å². The number of hydrogen-bond donors (Lipinski definition) is 1. The van der Waals surface area contributed by atoms with Crippen LogP contribution in [-0.2, 0) is 4.74 Å². The molecule has 0 bridgehead atoms. The zero-order chi connectivity index (χ0) is 20.4. The van der Waals surface area contributed by atoms with Crippen LogP contribution in [0.2, 0.25) is 0 Å². The zero-order valence-corrected chi connectivity index (χ0v) is 19.6. The zero-order valence-electron chi connectivity index (χ0n) is 19.6. The molecule has 4 saturated carbocycles. The highest BCUT2D eigenvalue weighted by Crippen LogP contribution is 2.68.